The fourth-order valence-corrected chi connectivity index (χ4v) is 3.46. The van der Waals surface area contributed by atoms with Gasteiger partial charge in [0.2, 0.25) is 0 Å². The number of piperidine rings is 1. The first-order valence-electron chi connectivity index (χ1n) is 10.0. The minimum Gasteiger partial charge on any atom is -0.357 e. The van der Waals surface area contributed by atoms with Gasteiger partial charge in [-0.05, 0) is 69.7 Å². The highest BCUT2D eigenvalue weighted by molar-refractivity contribution is 14.0. The van der Waals surface area contributed by atoms with Crippen LogP contribution < -0.4 is 10.6 Å². The first kappa shape index (κ1) is 24.4. The summed E-state index contributed by atoms with van der Waals surface area (Å²) in [5.74, 6) is 1.77. The second-order valence-corrected chi connectivity index (χ2v) is 7.57. The van der Waals surface area contributed by atoms with Crippen LogP contribution >= 0.6 is 35.6 Å². The van der Waals surface area contributed by atoms with Gasteiger partial charge in [0, 0.05) is 32.4 Å². The Hall–Kier alpha value is -0.600. The molecule has 1 fully saturated rings. The molecule has 1 atom stereocenters. The maximum absolute atomic E-state index is 5.82. The number of pyridine rings is 1. The molecular weight excluding hydrogens is 473 g/mol. The number of nitrogens with zero attached hydrogens (tertiary/aromatic N) is 3. The van der Waals surface area contributed by atoms with E-state index in [1.165, 1.54) is 44.5 Å². The second kappa shape index (κ2) is 14.4. The molecule has 7 heteroatoms. The average molecular weight is 508 g/mol. The van der Waals surface area contributed by atoms with Crippen LogP contribution in [0.2, 0.25) is 5.15 Å². The third-order valence-corrected chi connectivity index (χ3v) is 4.96. The van der Waals surface area contributed by atoms with Crippen molar-refractivity contribution < 1.29 is 0 Å². The van der Waals surface area contributed by atoms with Crippen molar-refractivity contribution in [3.05, 3.63) is 29.0 Å². The maximum atomic E-state index is 5.82. The quantitative estimate of drug-likeness (QED) is 0.175. The fraction of sp³-hybridized carbons (Fsp3) is 0.700. The smallest absolute Gasteiger partial charge is 0.191 e. The predicted molar refractivity (Wildman–Crippen MR) is 126 cm³/mol. The molecule has 0 saturated carbocycles. The largest absolute Gasteiger partial charge is 0.357 e. The number of hydrogen-bond acceptors (Lipinski definition) is 3. The van der Waals surface area contributed by atoms with Gasteiger partial charge < -0.3 is 15.5 Å². The van der Waals surface area contributed by atoms with E-state index < -0.39 is 0 Å². The van der Waals surface area contributed by atoms with Gasteiger partial charge in [0.15, 0.2) is 5.96 Å². The van der Waals surface area contributed by atoms with Crippen molar-refractivity contribution >= 4 is 41.5 Å². The van der Waals surface area contributed by atoms with Gasteiger partial charge in [0.25, 0.3) is 0 Å². The topological polar surface area (TPSA) is 52.6 Å². The zero-order valence-corrected chi connectivity index (χ0v) is 19.8. The summed E-state index contributed by atoms with van der Waals surface area (Å²) in [6.45, 7) is 10.8. The molecule has 2 heterocycles. The molecule has 1 saturated heterocycles. The Bertz CT molecular complexity index is 538. The third kappa shape index (κ3) is 10.5. The SMILES string of the molecule is CCNC(=NCCCCN1CCCC(C)C1)NCCc1ccc(Cl)nc1.I. The van der Waals surface area contributed by atoms with Gasteiger partial charge in [-0.1, -0.05) is 24.6 Å². The standard InChI is InChI=1S/C20H34ClN5.HI/c1-3-22-20(24-12-10-18-8-9-19(21)25-15-18)23-11-4-5-13-26-14-6-7-17(2)16-26;/h8-9,15,17H,3-7,10-14,16H2,1-2H3,(H2,22,23,24);1H. The van der Waals surface area contributed by atoms with Crippen molar-refractivity contribution in [2.75, 3.05) is 39.3 Å². The lowest BCUT2D eigenvalue weighted by atomic mass is 10.0. The molecule has 1 aliphatic rings. The Morgan fingerprint density at radius 3 is 2.89 bits per heavy atom. The van der Waals surface area contributed by atoms with E-state index >= 15 is 0 Å². The number of aromatic nitrogens is 1. The molecule has 5 nitrogen and oxygen atoms in total. The highest BCUT2D eigenvalue weighted by atomic mass is 127. The van der Waals surface area contributed by atoms with Gasteiger partial charge in [-0.15, -0.1) is 24.0 Å². The van der Waals surface area contributed by atoms with Gasteiger partial charge in [-0.25, -0.2) is 4.98 Å². The molecule has 0 aromatic carbocycles. The van der Waals surface area contributed by atoms with Crippen LogP contribution in [-0.4, -0.2) is 55.1 Å². The summed E-state index contributed by atoms with van der Waals surface area (Å²) < 4.78 is 0. The number of halogens is 2. The lowest BCUT2D eigenvalue weighted by Crippen LogP contribution is -2.38. The van der Waals surface area contributed by atoms with Crippen molar-refractivity contribution in [2.24, 2.45) is 10.9 Å². The predicted octanol–water partition coefficient (Wildman–Crippen LogP) is 3.96. The van der Waals surface area contributed by atoms with E-state index in [0.717, 1.165) is 44.4 Å². The van der Waals surface area contributed by atoms with Gasteiger partial charge in [0.1, 0.15) is 5.15 Å². The van der Waals surface area contributed by atoms with E-state index in [0.29, 0.717) is 5.15 Å². The van der Waals surface area contributed by atoms with E-state index in [1.54, 1.807) is 0 Å². The Balaban J connectivity index is 0.00000364. The van der Waals surface area contributed by atoms with Gasteiger partial charge in [0.05, 0.1) is 0 Å². The van der Waals surface area contributed by atoms with Crippen LogP contribution in [0.3, 0.4) is 0 Å². The van der Waals surface area contributed by atoms with Gasteiger partial charge in [-0.2, -0.15) is 0 Å². The first-order valence-corrected chi connectivity index (χ1v) is 10.4. The monoisotopic (exact) mass is 507 g/mol. The molecule has 0 amide bonds. The van der Waals surface area contributed by atoms with Crippen LogP contribution in [0.1, 0.15) is 45.1 Å². The Morgan fingerprint density at radius 1 is 1.33 bits per heavy atom. The molecule has 2 rings (SSSR count). The Morgan fingerprint density at radius 2 is 2.19 bits per heavy atom. The maximum Gasteiger partial charge on any atom is 0.191 e. The van der Waals surface area contributed by atoms with E-state index in [2.05, 4.69) is 34.4 Å². The minimum absolute atomic E-state index is 0. The molecular formula is C20H35ClIN5. The second-order valence-electron chi connectivity index (χ2n) is 7.18. The lowest BCUT2D eigenvalue weighted by molar-refractivity contribution is 0.181. The summed E-state index contributed by atoms with van der Waals surface area (Å²) in [5, 5.41) is 7.25. The molecule has 2 N–H and O–H groups in total. The Labute approximate surface area is 186 Å². The van der Waals surface area contributed by atoms with E-state index in [4.69, 9.17) is 16.6 Å². The van der Waals surface area contributed by atoms with Crippen LogP contribution in [0.5, 0.6) is 0 Å². The van der Waals surface area contributed by atoms with Gasteiger partial charge >= 0.3 is 0 Å². The number of nitrogens with one attached hydrogen (secondary N) is 2. The van der Waals surface area contributed by atoms with Crippen molar-refractivity contribution in [3.63, 3.8) is 0 Å². The summed E-state index contributed by atoms with van der Waals surface area (Å²) in [6, 6.07) is 3.85. The summed E-state index contributed by atoms with van der Waals surface area (Å²) in [4.78, 5) is 11.4. The van der Waals surface area contributed by atoms with E-state index in [-0.39, 0.29) is 24.0 Å². The van der Waals surface area contributed by atoms with E-state index in [1.807, 2.05) is 18.3 Å². The van der Waals surface area contributed by atoms with Crippen LogP contribution in [0.25, 0.3) is 0 Å². The third-order valence-electron chi connectivity index (χ3n) is 4.73. The summed E-state index contributed by atoms with van der Waals surface area (Å²) >= 11 is 5.82. The van der Waals surface area contributed by atoms with Crippen LogP contribution in [-0.2, 0) is 6.42 Å². The molecule has 0 aliphatic carbocycles. The number of rotatable bonds is 9. The number of guanidine groups is 1. The highest BCUT2D eigenvalue weighted by Crippen LogP contribution is 2.15. The van der Waals surface area contributed by atoms with Crippen LogP contribution in [0.4, 0.5) is 0 Å². The highest BCUT2D eigenvalue weighted by Gasteiger charge is 2.15. The molecule has 1 aromatic heterocycles. The summed E-state index contributed by atoms with van der Waals surface area (Å²) in [7, 11) is 0. The van der Waals surface area contributed by atoms with Crippen molar-refractivity contribution in [3.8, 4) is 0 Å². The summed E-state index contributed by atoms with van der Waals surface area (Å²) in [5.41, 5.74) is 1.17. The molecule has 0 spiro atoms. The Kier molecular flexibility index (Phi) is 13.0. The van der Waals surface area contributed by atoms with Crippen molar-refractivity contribution in [1.29, 1.82) is 0 Å². The number of unbranched alkanes of at least 4 members (excludes halogenated alkanes) is 1. The van der Waals surface area contributed by atoms with Crippen molar-refractivity contribution in [2.45, 2.75) is 46.0 Å². The first-order chi connectivity index (χ1) is 12.7. The fourth-order valence-electron chi connectivity index (χ4n) is 3.35. The average Bonchev–Trinajstić information content (AvgIpc) is 2.63. The van der Waals surface area contributed by atoms with Crippen molar-refractivity contribution in [1.82, 2.24) is 20.5 Å². The normalized spacial score (nSPS) is 18.0. The minimum atomic E-state index is 0. The van der Waals surface area contributed by atoms with Crippen LogP contribution in [0, 0.1) is 5.92 Å². The molecule has 1 aromatic rings. The molecule has 27 heavy (non-hydrogen) atoms. The molecule has 0 radical (unpaired) electrons. The number of aliphatic imine (C=N–C) groups is 1. The molecule has 1 aliphatic heterocycles. The number of hydrogen-bond donors (Lipinski definition) is 2. The zero-order chi connectivity index (χ0) is 18.6. The lowest BCUT2D eigenvalue weighted by Gasteiger charge is -2.30. The van der Waals surface area contributed by atoms with E-state index in [9.17, 15) is 0 Å². The molecule has 0 bridgehead atoms. The van der Waals surface area contributed by atoms with Gasteiger partial charge in [-0.3, -0.25) is 4.99 Å². The molecule has 1 unspecified atom stereocenters. The number of likely N-dealkylation sites (tertiary alicyclic amines) is 1. The van der Waals surface area contributed by atoms with Crippen LogP contribution in [0.15, 0.2) is 23.3 Å². The summed E-state index contributed by atoms with van der Waals surface area (Å²) in [6.07, 6.45) is 7.85. The molecule has 154 valence electrons. The zero-order valence-electron chi connectivity index (χ0n) is 16.7.